The van der Waals surface area contributed by atoms with E-state index in [0.717, 1.165) is 25.9 Å². The Bertz CT molecular complexity index is 152. The molecule has 1 fully saturated rings. The highest BCUT2D eigenvalue weighted by Gasteiger charge is 2.22. The molecule has 0 aromatic rings. The van der Waals surface area contributed by atoms with E-state index in [9.17, 15) is 4.79 Å². The molecular formula is C8H15NO3. The zero-order valence-electron chi connectivity index (χ0n) is 7.58. The maximum atomic E-state index is 11.0. The highest BCUT2D eigenvalue weighted by molar-refractivity contribution is 5.67. The van der Waals surface area contributed by atoms with Gasteiger partial charge in [-0.25, -0.2) is 4.79 Å². The van der Waals surface area contributed by atoms with E-state index in [2.05, 4.69) is 4.74 Å². The van der Waals surface area contributed by atoms with Gasteiger partial charge in [-0.2, -0.15) is 0 Å². The van der Waals surface area contributed by atoms with Gasteiger partial charge in [0.15, 0.2) is 0 Å². The Balaban J connectivity index is 2.30. The number of carbonyl (C=O) groups is 1. The second kappa shape index (κ2) is 4.30. The van der Waals surface area contributed by atoms with E-state index in [0.29, 0.717) is 6.10 Å². The van der Waals surface area contributed by atoms with Crippen molar-refractivity contribution in [3.05, 3.63) is 0 Å². The molecule has 70 valence electrons. The molecule has 1 rings (SSSR count). The maximum Gasteiger partial charge on any atom is 0.409 e. The van der Waals surface area contributed by atoms with Gasteiger partial charge in [-0.05, 0) is 12.8 Å². The third kappa shape index (κ3) is 2.11. The first-order valence-electron chi connectivity index (χ1n) is 4.13. The monoisotopic (exact) mass is 173 g/mol. The lowest BCUT2D eigenvalue weighted by atomic mass is 10.1. The van der Waals surface area contributed by atoms with E-state index in [1.807, 2.05) is 0 Å². The third-order valence-electron chi connectivity index (χ3n) is 2.21. The normalized spacial score (nSPS) is 19.3. The predicted molar refractivity (Wildman–Crippen MR) is 44.0 cm³/mol. The number of rotatable bonds is 1. The molecule has 0 atom stereocenters. The summed E-state index contributed by atoms with van der Waals surface area (Å²) in [7, 11) is 3.11. The molecule has 1 heterocycles. The van der Waals surface area contributed by atoms with Gasteiger partial charge in [0.25, 0.3) is 0 Å². The average molecular weight is 173 g/mol. The minimum absolute atomic E-state index is 0.232. The van der Waals surface area contributed by atoms with Crippen LogP contribution in [0.1, 0.15) is 12.8 Å². The van der Waals surface area contributed by atoms with Crippen LogP contribution in [0.15, 0.2) is 0 Å². The molecule has 0 spiro atoms. The van der Waals surface area contributed by atoms with Crippen molar-refractivity contribution in [2.45, 2.75) is 18.9 Å². The van der Waals surface area contributed by atoms with Gasteiger partial charge in [0.2, 0.25) is 0 Å². The van der Waals surface area contributed by atoms with Crippen molar-refractivity contribution in [2.75, 3.05) is 27.3 Å². The second-order valence-corrected chi connectivity index (χ2v) is 2.89. The Labute approximate surface area is 72.4 Å². The fraction of sp³-hybridized carbons (Fsp3) is 0.875. The molecule has 1 saturated heterocycles. The number of nitrogens with zero attached hydrogens (tertiary/aromatic N) is 1. The minimum Gasteiger partial charge on any atom is -0.453 e. The van der Waals surface area contributed by atoms with Crippen molar-refractivity contribution in [1.82, 2.24) is 4.90 Å². The summed E-state index contributed by atoms with van der Waals surface area (Å²) < 4.78 is 9.78. The number of carbonyl (C=O) groups excluding carboxylic acids is 1. The molecular weight excluding hydrogens is 158 g/mol. The van der Waals surface area contributed by atoms with Crippen LogP contribution < -0.4 is 0 Å². The van der Waals surface area contributed by atoms with E-state index in [-0.39, 0.29) is 6.09 Å². The van der Waals surface area contributed by atoms with Crippen LogP contribution >= 0.6 is 0 Å². The summed E-state index contributed by atoms with van der Waals surface area (Å²) in [6.45, 7) is 1.48. The first-order chi connectivity index (χ1) is 5.77. The highest BCUT2D eigenvalue weighted by Crippen LogP contribution is 2.13. The Morgan fingerprint density at radius 3 is 2.33 bits per heavy atom. The van der Waals surface area contributed by atoms with Gasteiger partial charge in [-0.15, -0.1) is 0 Å². The number of ether oxygens (including phenoxy) is 2. The summed E-state index contributed by atoms with van der Waals surface area (Å²) in [6.07, 6.45) is 1.90. The number of likely N-dealkylation sites (tertiary alicyclic amines) is 1. The van der Waals surface area contributed by atoms with Crippen molar-refractivity contribution in [1.29, 1.82) is 0 Å². The molecule has 4 heteroatoms. The molecule has 0 aromatic carbocycles. The van der Waals surface area contributed by atoms with Gasteiger partial charge in [0.05, 0.1) is 13.2 Å². The highest BCUT2D eigenvalue weighted by atomic mass is 16.5. The number of piperidine rings is 1. The molecule has 0 aliphatic carbocycles. The lowest BCUT2D eigenvalue weighted by Crippen LogP contribution is -2.40. The Morgan fingerprint density at radius 1 is 1.33 bits per heavy atom. The van der Waals surface area contributed by atoms with E-state index in [1.54, 1.807) is 12.0 Å². The summed E-state index contributed by atoms with van der Waals surface area (Å²) >= 11 is 0. The van der Waals surface area contributed by atoms with E-state index in [4.69, 9.17) is 4.74 Å². The van der Waals surface area contributed by atoms with Crippen LogP contribution in [0.2, 0.25) is 0 Å². The molecule has 0 bridgehead atoms. The smallest absolute Gasteiger partial charge is 0.409 e. The van der Waals surface area contributed by atoms with Gasteiger partial charge >= 0.3 is 6.09 Å². The number of hydrogen-bond donors (Lipinski definition) is 0. The lowest BCUT2D eigenvalue weighted by molar-refractivity contribution is 0.0381. The summed E-state index contributed by atoms with van der Waals surface area (Å²) in [5.41, 5.74) is 0. The summed E-state index contributed by atoms with van der Waals surface area (Å²) in [6, 6.07) is 0. The molecule has 1 amide bonds. The van der Waals surface area contributed by atoms with Gasteiger partial charge in [0, 0.05) is 20.2 Å². The summed E-state index contributed by atoms with van der Waals surface area (Å²) in [5, 5.41) is 0. The largest absolute Gasteiger partial charge is 0.453 e. The molecule has 0 saturated carbocycles. The van der Waals surface area contributed by atoms with Crippen LogP contribution in [0, 0.1) is 0 Å². The first-order valence-corrected chi connectivity index (χ1v) is 4.13. The topological polar surface area (TPSA) is 38.8 Å². The van der Waals surface area contributed by atoms with Crippen LogP contribution in [0.3, 0.4) is 0 Å². The van der Waals surface area contributed by atoms with Crippen molar-refractivity contribution in [3.8, 4) is 0 Å². The van der Waals surface area contributed by atoms with Crippen LogP contribution in [-0.2, 0) is 9.47 Å². The quantitative estimate of drug-likeness (QED) is 0.590. The summed E-state index contributed by atoms with van der Waals surface area (Å²) in [5.74, 6) is 0. The van der Waals surface area contributed by atoms with Crippen molar-refractivity contribution >= 4 is 6.09 Å². The van der Waals surface area contributed by atoms with Gasteiger partial charge in [0.1, 0.15) is 0 Å². The van der Waals surface area contributed by atoms with Crippen LogP contribution in [0.5, 0.6) is 0 Å². The molecule has 4 nitrogen and oxygen atoms in total. The third-order valence-corrected chi connectivity index (χ3v) is 2.21. The van der Waals surface area contributed by atoms with E-state index >= 15 is 0 Å². The van der Waals surface area contributed by atoms with Crippen molar-refractivity contribution in [3.63, 3.8) is 0 Å². The molecule has 0 aromatic heterocycles. The molecule has 0 N–H and O–H groups in total. The molecule has 12 heavy (non-hydrogen) atoms. The molecule has 1 aliphatic heterocycles. The van der Waals surface area contributed by atoms with Gasteiger partial charge in [-0.3, -0.25) is 0 Å². The molecule has 0 unspecified atom stereocenters. The fourth-order valence-corrected chi connectivity index (χ4v) is 1.40. The molecule has 0 radical (unpaired) electrons. The van der Waals surface area contributed by atoms with Gasteiger partial charge in [-0.1, -0.05) is 0 Å². The lowest BCUT2D eigenvalue weighted by Gasteiger charge is -2.29. The number of methoxy groups -OCH3 is 2. The van der Waals surface area contributed by atoms with Gasteiger partial charge < -0.3 is 14.4 Å². The van der Waals surface area contributed by atoms with Crippen LogP contribution in [0.25, 0.3) is 0 Å². The zero-order chi connectivity index (χ0) is 8.97. The van der Waals surface area contributed by atoms with E-state index < -0.39 is 0 Å². The number of hydrogen-bond acceptors (Lipinski definition) is 3. The van der Waals surface area contributed by atoms with Crippen molar-refractivity contribution in [2.24, 2.45) is 0 Å². The van der Waals surface area contributed by atoms with Crippen LogP contribution in [-0.4, -0.2) is 44.4 Å². The van der Waals surface area contributed by atoms with Crippen molar-refractivity contribution < 1.29 is 14.3 Å². The standard InChI is InChI=1S/C8H15NO3/c1-11-7-3-5-9(6-4-7)8(10)12-2/h7H,3-6H2,1-2H3. The fourth-order valence-electron chi connectivity index (χ4n) is 1.40. The Kier molecular flexibility index (Phi) is 3.34. The Hall–Kier alpha value is -0.770. The molecule has 1 aliphatic rings. The maximum absolute atomic E-state index is 11.0. The summed E-state index contributed by atoms with van der Waals surface area (Å²) in [4.78, 5) is 12.7. The van der Waals surface area contributed by atoms with E-state index in [1.165, 1.54) is 7.11 Å². The average Bonchev–Trinajstić information content (AvgIpc) is 2.17. The second-order valence-electron chi connectivity index (χ2n) is 2.89. The predicted octanol–water partition coefficient (Wildman–Crippen LogP) is 0.864. The SMILES string of the molecule is COC(=O)N1CCC(OC)CC1. The first kappa shape index (κ1) is 9.32. The van der Waals surface area contributed by atoms with Crippen LogP contribution in [0.4, 0.5) is 4.79 Å². The number of amides is 1. The zero-order valence-corrected chi connectivity index (χ0v) is 7.58. The Morgan fingerprint density at radius 2 is 1.92 bits per heavy atom. The minimum atomic E-state index is -0.232.